The van der Waals surface area contributed by atoms with Gasteiger partial charge in [0.2, 0.25) is 5.78 Å². The lowest BCUT2D eigenvalue weighted by atomic mass is 10.1. The zero-order chi connectivity index (χ0) is 18.8. The molecule has 27 heavy (non-hydrogen) atoms. The van der Waals surface area contributed by atoms with E-state index in [0.29, 0.717) is 29.2 Å². The summed E-state index contributed by atoms with van der Waals surface area (Å²) in [6.45, 7) is 0.401. The Bertz CT molecular complexity index is 1040. The quantitative estimate of drug-likeness (QED) is 0.497. The summed E-state index contributed by atoms with van der Waals surface area (Å²) in [5, 5.41) is 0. The first-order valence-corrected chi connectivity index (χ1v) is 9.09. The number of carbonyl (C=O) groups excluding carboxylic acids is 1. The van der Waals surface area contributed by atoms with Crippen LogP contribution in [0.15, 0.2) is 77.0 Å². The summed E-state index contributed by atoms with van der Waals surface area (Å²) < 4.78 is 26.2. The van der Waals surface area contributed by atoms with Crippen LogP contribution in [-0.2, 0) is 6.61 Å². The van der Waals surface area contributed by atoms with Gasteiger partial charge in [0.25, 0.3) is 0 Å². The van der Waals surface area contributed by atoms with Gasteiger partial charge < -0.3 is 9.47 Å². The van der Waals surface area contributed by atoms with Gasteiger partial charge >= 0.3 is 0 Å². The van der Waals surface area contributed by atoms with Crippen LogP contribution in [-0.4, -0.2) is 5.78 Å². The molecule has 134 valence electrons. The van der Waals surface area contributed by atoms with Crippen LogP contribution >= 0.6 is 15.9 Å². The standard InChI is InChI=1S/C22H14BrFO3/c23-16-7-5-14(6-8-16)13-26-17-9-10-18-20(12-17)27-21(22(18)25)11-15-3-1-2-4-19(15)24/h1-12H,13H2. The highest BCUT2D eigenvalue weighted by Gasteiger charge is 2.28. The van der Waals surface area contributed by atoms with Crippen molar-refractivity contribution in [3.63, 3.8) is 0 Å². The van der Waals surface area contributed by atoms with E-state index in [1.807, 2.05) is 24.3 Å². The summed E-state index contributed by atoms with van der Waals surface area (Å²) in [5.41, 5.74) is 1.77. The lowest BCUT2D eigenvalue weighted by Crippen LogP contribution is -1.98. The van der Waals surface area contributed by atoms with Gasteiger partial charge in [-0.25, -0.2) is 4.39 Å². The van der Waals surface area contributed by atoms with Crippen LogP contribution in [0.1, 0.15) is 21.5 Å². The molecule has 0 amide bonds. The second-order valence-corrected chi connectivity index (χ2v) is 6.95. The van der Waals surface area contributed by atoms with Gasteiger partial charge in [-0.1, -0.05) is 46.3 Å². The van der Waals surface area contributed by atoms with E-state index in [1.165, 1.54) is 12.1 Å². The Morgan fingerprint density at radius 3 is 2.59 bits per heavy atom. The minimum Gasteiger partial charge on any atom is -0.489 e. The van der Waals surface area contributed by atoms with Gasteiger partial charge in [0.05, 0.1) is 5.56 Å². The van der Waals surface area contributed by atoms with Crippen molar-refractivity contribution in [3.05, 3.63) is 99.5 Å². The Morgan fingerprint density at radius 1 is 1.04 bits per heavy atom. The molecule has 0 aromatic heterocycles. The number of Topliss-reactive ketones (excluding diaryl/α,β-unsaturated/α-hetero) is 1. The Hall–Kier alpha value is -2.92. The molecule has 0 fully saturated rings. The third-order valence-corrected chi connectivity index (χ3v) is 4.68. The fraction of sp³-hybridized carbons (Fsp3) is 0.0455. The normalized spacial score (nSPS) is 14.1. The largest absolute Gasteiger partial charge is 0.489 e. The molecule has 4 rings (SSSR count). The van der Waals surface area contributed by atoms with Crippen molar-refractivity contribution in [2.45, 2.75) is 6.61 Å². The minimum atomic E-state index is -0.407. The number of carbonyl (C=O) groups is 1. The van der Waals surface area contributed by atoms with E-state index in [4.69, 9.17) is 9.47 Å². The fourth-order valence-corrected chi connectivity index (χ4v) is 3.00. The number of benzene rings is 3. The summed E-state index contributed by atoms with van der Waals surface area (Å²) in [6.07, 6.45) is 1.42. The number of fused-ring (bicyclic) bond motifs is 1. The van der Waals surface area contributed by atoms with E-state index < -0.39 is 5.82 Å². The zero-order valence-electron chi connectivity index (χ0n) is 14.1. The molecule has 3 aromatic rings. The van der Waals surface area contributed by atoms with Gasteiger partial charge in [0.15, 0.2) is 5.76 Å². The summed E-state index contributed by atoms with van der Waals surface area (Å²) >= 11 is 3.40. The maximum atomic E-state index is 13.8. The molecule has 1 heterocycles. The van der Waals surface area contributed by atoms with Crippen molar-refractivity contribution in [1.82, 2.24) is 0 Å². The fourth-order valence-electron chi connectivity index (χ4n) is 2.74. The van der Waals surface area contributed by atoms with E-state index in [9.17, 15) is 9.18 Å². The molecule has 3 nitrogen and oxygen atoms in total. The molecule has 3 aromatic carbocycles. The van der Waals surface area contributed by atoms with Crippen molar-refractivity contribution in [2.75, 3.05) is 0 Å². The highest BCUT2D eigenvalue weighted by Crippen LogP contribution is 2.35. The molecule has 0 bridgehead atoms. The molecule has 0 unspecified atom stereocenters. The van der Waals surface area contributed by atoms with Gasteiger partial charge in [0.1, 0.15) is 23.9 Å². The summed E-state index contributed by atoms with van der Waals surface area (Å²) in [4.78, 5) is 12.5. The Labute approximate surface area is 164 Å². The average molecular weight is 425 g/mol. The van der Waals surface area contributed by atoms with Crippen molar-refractivity contribution in [3.8, 4) is 11.5 Å². The number of hydrogen-bond acceptors (Lipinski definition) is 3. The van der Waals surface area contributed by atoms with Crippen LogP contribution in [0, 0.1) is 5.82 Å². The predicted octanol–water partition coefficient (Wildman–Crippen LogP) is 5.78. The monoisotopic (exact) mass is 424 g/mol. The first kappa shape index (κ1) is 17.5. The van der Waals surface area contributed by atoms with Crippen LogP contribution < -0.4 is 9.47 Å². The molecule has 1 aliphatic heterocycles. The second kappa shape index (κ2) is 7.37. The third-order valence-electron chi connectivity index (χ3n) is 4.15. The summed E-state index contributed by atoms with van der Waals surface area (Å²) in [5.74, 6) is 0.427. The number of ketones is 1. The first-order valence-electron chi connectivity index (χ1n) is 8.30. The molecule has 0 aliphatic carbocycles. The molecule has 1 aliphatic rings. The van der Waals surface area contributed by atoms with E-state index in [1.54, 1.807) is 36.4 Å². The van der Waals surface area contributed by atoms with E-state index >= 15 is 0 Å². The SMILES string of the molecule is O=C1C(=Cc2ccccc2F)Oc2cc(OCc3ccc(Br)cc3)ccc21. The first-order chi connectivity index (χ1) is 13.1. The van der Waals surface area contributed by atoms with Crippen LogP contribution in [0.4, 0.5) is 4.39 Å². The van der Waals surface area contributed by atoms with Gasteiger partial charge in [0, 0.05) is 16.1 Å². The van der Waals surface area contributed by atoms with Crippen LogP contribution in [0.25, 0.3) is 6.08 Å². The van der Waals surface area contributed by atoms with Gasteiger partial charge in [-0.05, 0) is 42.0 Å². The highest BCUT2D eigenvalue weighted by atomic mass is 79.9. The number of halogens is 2. The molecule has 0 spiro atoms. The molecule has 0 atom stereocenters. The highest BCUT2D eigenvalue weighted by molar-refractivity contribution is 9.10. The van der Waals surface area contributed by atoms with Crippen molar-refractivity contribution >= 4 is 27.8 Å². The Morgan fingerprint density at radius 2 is 1.81 bits per heavy atom. The molecular weight excluding hydrogens is 411 g/mol. The van der Waals surface area contributed by atoms with Gasteiger partial charge in [-0.3, -0.25) is 4.79 Å². The number of rotatable bonds is 4. The smallest absolute Gasteiger partial charge is 0.231 e. The number of hydrogen-bond donors (Lipinski definition) is 0. The van der Waals surface area contributed by atoms with Gasteiger partial charge in [-0.2, -0.15) is 0 Å². The van der Waals surface area contributed by atoms with Crippen molar-refractivity contribution in [2.24, 2.45) is 0 Å². The lowest BCUT2D eigenvalue weighted by molar-refractivity contribution is 0.101. The Balaban J connectivity index is 1.52. The summed E-state index contributed by atoms with van der Waals surface area (Å²) in [6, 6.07) is 19.1. The minimum absolute atomic E-state index is 0.0974. The third kappa shape index (κ3) is 3.78. The molecule has 5 heteroatoms. The van der Waals surface area contributed by atoms with E-state index in [0.717, 1.165) is 10.0 Å². The van der Waals surface area contributed by atoms with E-state index in [-0.39, 0.29) is 11.5 Å². The maximum Gasteiger partial charge on any atom is 0.231 e. The molecule has 0 saturated heterocycles. The molecule has 0 saturated carbocycles. The molecule has 0 N–H and O–H groups in total. The van der Waals surface area contributed by atoms with Crippen molar-refractivity contribution in [1.29, 1.82) is 0 Å². The predicted molar refractivity (Wildman–Crippen MR) is 104 cm³/mol. The lowest BCUT2D eigenvalue weighted by Gasteiger charge is -2.07. The van der Waals surface area contributed by atoms with E-state index in [2.05, 4.69) is 15.9 Å². The zero-order valence-corrected chi connectivity index (χ0v) is 15.7. The maximum absolute atomic E-state index is 13.8. The van der Waals surface area contributed by atoms with Crippen LogP contribution in [0.3, 0.4) is 0 Å². The van der Waals surface area contributed by atoms with Gasteiger partial charge in [-0.15, -0.1) is 0 Å². The number of allylic oxidation sites excluding steroid dienone is 1. The second-order valence-electron chi connectivity index (χ2n) is 6.03. The van der Waals surface area contributed by atoms with Crippen LogP contribution in [0.2, 0.25) is 0 Å². The topological polar surface area (TPSA) is 35.5 Å². The Kier molecular flexibility index (Phi) is 4.77. The van der Waals surface area contributed by atoms with Crippen molar-refractivity contribution < 1.29 is 18.7 Å². The number of ether oxygens (including phenoxy) is 2. The average Bonchev–Trinajstić information content (AvgIpc) is 2.98. The summed E-state index contributed by atoms with van der Waals surface area (Å²) in [7, 11) is 0. The van der Waals surface area contributed by atoms with Crippen LogP contribution in [0.5, 0.6) is 11.5 Å². The molecule has 0 radical (unpaired) electrons. The molecular formula is C22H14BrFO3.